The third-order valence-corrected chi connectivity index (χ3v) is 3.32. The Balaban J connectivity index is 2.65. The predicted molar refractivity (Wildman–Crippen MR) is 84.7 cm³/mol. The summed E-state index contributed by atoms with van der Waals surface area (Å²) < 4.78 is 11.3. The second kappa shape index (κ2) is 8.98. The van der Waals surface area contributed by atoms with Gasteiger partial charge in [0.05, 0.1) is 6.61 Å². The molecule has 0 heterocycles. The fraction of sp³-hybridized carbons (Fsp3) is 0.647. The average Bonchev–Trinajstić information content (AvgIpc) is 2.39. The molecule has 0 spiro atoms. The van der Waals surface area contributed by atoms with E-state index in [9.17, 15) is 0 Å². The summed E-state index contributed by atoms with van der Waals surface area (Å²) in [7, 11) is 1.71. The summed E-state index contributed by atoms with van der Waals surface area (Å²) in [4.78, 5) is 0. The van der Waals surface area contributed by atoms with Gasteiger partial charge in [-0.25, -0.2) is 0 Å². The normalized spacial score (nSPS) is 12.7. The first-order chi connectivity index (χ1) is 9.58. The van der Waals surface area contributed by atoms with Gasteiger partial charge in [-0.1, -0.05) is 26.8 Å². The molecule has 1 unspecified atom stereocenters. The maximum atomic E-state index is 6.03. The first kappa shape index (κ1) is 17.0. The van der Waals surface area contributed by atoms with Gasteiger partial charge in [-0.15, -0.1) is 0 Å². The van der Waals surface area contributed by atoms with Crippen LogP contribution in [0.4, 0.5) is 0 Å². The highest BCUT2D eigenvalue weighted by Crippen LogP contribution is 2.24. The van der Waals surface area contributed by atoms with Crippen LogP contribution in [-0.2, 0) is 4.74 Å². The van der Waals surface area contributed by atoms with Crippen LogP contribution in [0, 0.1) is 6.92 Å². The molecule has 1 aromatic carbocycles. The van der Waals surface area contributed by atoms with Crippen molar-refractivity contribution in [2.45, 2.75) is 46.1 Å². The molecule has 1 N–H and O–H groups in total. The molecule has 20 heavy (non-hydrogen) atoms. The number of benzene rings is 1. The summed E-state index contributed by atoms with van der Waals surface area (Å²) in [6.07, 6.45) is 1.18. The Morgan fingerprint density at radius 2 is 2.00 bits per heavy atom. The van der Waals surface area contributed by atoms with Gasteiger partial charge in [0.25, 0.3) is 0 Å². The second-order valence-electron chi connectivity index (χ2n) is 5.57. The van der Waals surface area contributed by atoms with Crippen LogP contribution in [0.2, 0.25) is 0 Å². The molecule has 0 bridgehead atoms. The topological polar surface area (TPSA) is 30.5 Å². The standard InChI is InChI=1S/C17H29NO2/c1-6-9-18-11-16(12-19-5)20-15-7-8-17(13(2)3)14(4)10-15/h7-8,10,13,16,18H,6,9,11-12H2,1-5H3. The van der Waals surface area contributed by atoms with Crippen molar-refractivity contribution in [2.24, 2.45) is 0 Å². The Morgan fingerprint density at radius 1 is 1.25 bits per heavy atom. The van der Waals surface area contributed by atoms with Crippen LogP contribution in [0.5, 0.6) is 5.75 Å². The van der Waals surface area contributed by atoms with Crippen molar-refractivity contribution < 1.29 is 9.47 Å². The van der Waals surface area contributed by atoms with Gasteiger partial charge < -0.3 is 14.8 Å². The van der Waals surface area contributed by atoms with Crippen molar-refractivity contribution in [2.75, 3.05) is 26.8 Å². The number of aryl methyl sites for hydroxylation is 1. The molecular weight excluding hydrogens is 250 g/mol. The molecule has 0 aromatic heterocycles. The van der Waals surface area contributed by atoms with Gasteiger partial charge in [0, 0.05) is 13.7 Å². The van der Waals surface area contributed by atoms with Crippen LogP contribution >= 0.6 is 0 Å². The molecule has 1 rings (SSSR count). The number of nitrogens with one attached hydrogen (secondary N) is 1. The first-order valence-corrected chi connectivity index (χ1v) is 7.55. The smallest absolute Gasteiger partial charge is 0.134 e. The Hall–Kier alpha value is -1.06. The van der Waals surface area contributed by atoms with E-state index >= 15 is 0 Å². The summed E-state index contributed by atoms with van der Waals surface area (Å²) in [6, 6.07) is 6.35. The highest BCUT2D eigenvalue weighted by molar-refractivity contribution is 5.36. The molecule has 114 valence electrons. The Morgan fingerprint density at radius 3 is 2.55 bits per heavy atom. The van der Waals surface area contributed by atoms with Gasteiger partial charge >= 0.3 is 0 Å². The van der Waals surface area contributed by atoms with E-state index in [1.165, 1.54) is 11.1 Å². The van der Waals surface area contributed by atoms with Gasteiger partial charge in [-0.3, -0.25) is 0 Å². The molecule has 0 fully saturated rings. The van der Waals surface area contributed by atoms with Crippen LogP contribution in [0.1, 0.15) is 44.2 Å². The monoisotopic (exact) mass is 279 g/mol. The van der Waals surface area contributed by atoms with Crippen molar-refractivity contribution in [3.63, 3.8) is 0 Å². The number of rotatable bonds is 9. The summed E-state index contributed by atoms with van der Waals surface area (Å²) in [5.74, 6) is 1.47. The van der Waals surface area contributed by atoms with Crippen molar-refractivity contribution >= 4 is 0 Å². The van der Waals surface area contributed by atoms with E-state index in [1.807, 2.05) is 0 Å². The minimum atomic E-state index is 0.0517. The number of methoxy groups -OCH3 is 1. The van der Waals surface area contributed by atoms with Crippen LogP contribution in [0.25, 0.3) is 0 Å². The van der Waals surface area contributed by atoms with E-state index in [-0.39, 0.29) is 6.10 Å². The van der Waals surface area contributed by atoms with Gasteiger partial charge in [-0.2, -0.15) is 0 Å². The SMILES string of the molecule is CCCNCC(COC)Oc1ccc(C(C)C)c(C)c1. The highest BCUT2D eigenvalue weighted by Gasteiger charge is 2.11. The summed E-state index contributed by atoms with van der Waals surface area (Å²) in [5, 5.41) is 3.38. The fourth-order valence-corrected chi connectivity index (χ4v) is 2.32. The lowest BCUT2D eigenvalue weighted by Crippen LogP contribution is -2.35. The Kier molecular flexibility index (Phi) is 7.63. The average molecular weight is 279 g/mol. The van der Waals surface area contributed by atoms with Crippen molar-refractivity contribution in [3.8, 4) is 5.75 Å². The number of ether oxygens (including phenoxy) is 2. The quantitative estimate of drug-likeness (QED) is 0.702. The molecule has 0 saturated heterocycles. The van der Waals surface area contributed by atoms with E-state index in [4.69, 9.17) is 9.47 Å². The maximum Gasteiger partial charge on any atom is 0.134 e. The molecule has 0 aliphatic carbocycles. The molecule has 3 heteroatoms. The molecule has 0 saturated carbocycles. The molecular formula is C17H29NO2. The number of hydrogen-bond donors (Lipinski definition) is 1. The Bertz CT molecular complexity index is 391. The first-order valence-electron chi connectivity index (χ1n) is 7.55. The predicted octanol–water partition coefficient (Wildman–Crippen LogP) is 3.51. The van der Waals surface area contributed by atoms with Gasteiger partial charge in [0.15, 0.2) is 0 Å². The lowest BCUT2D eigenvalue weighted by molar-refractivity contribution is 0.0807. The minimum Gasteiger partial charge on any atom is -0.487 e. The van der Waals surface area contributed by atoms with E-state index in [0.29, 0.717) is 12.5 Å². The molecule has 1 atom stereocenters. The number of hydrogen-bond acceptors (Lipinski definition) is 3. The molecule has 0 aliphatic rings. The third-order valence-electron chi connectivity index (χ3n) is 3.32. The fourth-order valence-electron chi connectivity index (χ4n) is 2.32. The molecule has 0 aliphatic heterocycles. The van der Waals surface area contributed by atoms with Crippen molar-refractivity contribution in [1.29, 1.82) is 0 Å². The Labute approximate surface area is 123 Å². The van der Waals surface area contributed by atoms with Gasteiger partial charge in [0.2, 0.25) is 0 Å². The van der Waals surface area contributed by atoms with E-state index in [1.54, 1.807) is 7.11 Å². The van der Waals surface area contributed by atoms with Crippen LogP contribution in [0.15, 0.2) is 18.2 Å². The zero-order valence-electron chi connectivity index (χ0n) is 13.5. The molecule has 3 nitrogen and oxygen atoms in total. The van der Waals surface area contributed by atoms with Crippen LogP contribution < -0.4 is 10.1 Å². The largest absolute Gasteiger partial charge is 0.487 e. The zero-order chi connectivity index (χ0) is 15.0. The van der Waals surface area contributed by atoms with E-state index < -0.39 is 0 Å². The summed E-state index contributed by atoms with van der Waals surface area (Å²) in [6.45, 7) is 11.1. The third kappa shape index (κ3) is 5.51. The molecule has 0 amide bonds. The maximum absolute atomic E-state index is 6.03. The van der Waals surface area contributed by atoms with Crippen molar-refractivity contribution in [3.05, 3.63) is 29.3 Å². The summed E-state index contributed by atoms with van der Waals surface area (Å²) in [5.41, 5.74) is 2.67. The molecule has 1 aromatic rings. The zero-order valence-corrected chi connectivity index (χ0v) is 13.5. The minimum absolute atomic E-state index is 0.0517. The summed E-state index contributed by atoms with van der Waals surface area (Å²) >= 11 is 0. The van der Waals surface area contributed by atoms with Gasteiger partial charge in [-0.05, 0) is 49.1 Å². The lowest BCUT2D eigenvalue weighted by Gasteiger charge is -2.20. The lowest BCUT2D eigenvalue weighted by atomic mass is 9.98. The van der Waals surface area contributed by atoms with Crippen molar-refractivity contribution in [1.82, 2.24) is 5.32 Å². The van der Waals surface area contributed by atoms with E-state index in [2.05, 4.69) is 51.2 Å². The van der Waals surface area contributed by atoms with Crippen LogP contribution in [-0.4, -0.2) is 32.9 Å². The van der Waals surface area contributed by atoms with E-state index in [0.717, 1.165) is 25.3 Å². The van der Waals surface area contributed by atoms with Crippen LogP contribution in [0.3, 0.4) is 0 Å². The highest BCUT2D eigenvalue weighted by atomic mass is 16.5. The molecule has 0 radical (unpaired) electrons. The second-order valence-corrected chi connectivity index (χ2v) is 5.57. The van der Waals surface area contributed by atoms with Gasteiger partial charge in [0.1, 0.15) is 11.9 Å².